The van der Waals surface area contributed by atoms with Gasteiger partial charge in [-0.15, -0.1) is 0 Å². The lowest BCUT2D eigenvalue weighted by atomic mass is 10.1. The lowest BCUT2D eigenvalue weighted by molar-refractivity contribution is -0.141. The second-order valence-corrected chi connectivity index (χ2v) is 3.90. The van der Waals surface area contributed by atoms with Gasteiger partial charge in [0.1, 0.15) is 0 Å². The van der Waals surface area contributed by atoms with Gasteiger partial charge in [0, 0.05) is 13.1 Å². The number of hydrogen-bond acceptors (Lipinski definition) is 3. The van der Waals surface area contributed by atoms with Gasteiger partial charge in [0.15, 0.2) is 0 Å². The molecule has 2 aliphatic rings. The fourth-order valence-electron chi connectivity index (χ4n) is 1.88. The van der Waals surface area contributed by atoms with E-state index < -0.39 is 5.97 Å². The van der Waals surface area contributed by atoms with E-state index in [-0.39, 0.29) is 17.9 Å². The molecule has 0 radical (unpaired) electrons. The van der Waals surface area contributed by atoms with Crippen LogP contribution in [0.1, 0.15) is 12.8 Å². The summed E-state index contributed by atoms with van der Waals surface area (Å²) in [6.45, 7) is 1.87. The second-order valence-electron chi connectivity index (χ2n) is 3.90. The molecule has 0 bridgehead atoms. The number of carbonyl (C=O) groups excluding carboxylic acids is 1. The highest BCUT2D eigenvalue weighted by Gasteiger charge is 2.35. The van der Waals surface area contributed by atoms with Gasteiger partial charge in [0.25, 0.3) is 0 Å². The number of hydrogen-bond donors (Lipinski definition) is 2. The number of carboxylic acid groups (broad SMARTS) is 1. The SMILES string of the molecule is O=C(O)C1CCN(C(=O)C2CCN2)C1. The Morgan fingerprint density at radius 1 is 1.36 bits per heavy atom. The van der Waals surface area contributed by atoms with E-state index in [9.17, 15) is 9.59 Å². The van der Waals surface area contributed by atoms with E-state index >= 15 is 0 Å². The van der Waals surface area contributed by atoms with Crippen molar-refractivity contribution in [1.29, 1.82) is 0 Å². The van der Waals surface area contributed by atoms with E-state index in [0.717, 1.165) is 13.0 Å². The Hall–Kier alpha value is -1.10. The van der Waals surface area contributed by atoms with Crippen molar-refractivity contribution in [2.75, 3.05) is 19.6 Å². The summed E-state index contributed by atoms with van der Waals surface area (Å²) in [7, 11) is 0. The minimum Gasteiger partial charge on any atom is -0.481 e. The minimum atomic E-state index is -0.790. The number of carbonyl (C=O) groups is 2. The third-order valence-electron chi connectivity index (χ3n) is 2.97. The van der Waals surface area contributed by atoms with Crippen LogP contribution in [0.3, 0.4) is 0 Å². The molecule has 2 heterocycles. The number of carboxylic acids is 1. The predicted octanol–water partition coefficient (Wildman–Crippen LogP) is -0.719. The number of likely N-dealkylation sites (tertiary alicyclic amines) is 1. The van der Waals surface area contributed by atoms with Gasteiger partial charge in [-0.3, -0.25) is 9.59 Å². The van der Waals surface area contributed by atoms with Gasteiger partial charge in [0.05, 0.1) is 12.0 Å². The first-order chi connectivity index (χ1) is 6.68. The number of amides is 1. The highest BCUT2D eigenvalue weighted by Crippen LogP contribution is 2.18. The van der Waals surface area contributed by atoms with Crippen LogP contribution in [0.2, 0.25) is 0 Å². The Balaban J connectivity index is 1.88. The Morgan fingerprint density at radius 3 is 2.50 bits per heavy atom. The topological polar surface area (TPSA) is 69.6 Å². The zero-order valence-corrected chi connectivity index (χ0v) is 7.90. The molecule has 0 aliphatic carbocycles. The highest BCUT2D eigenvalue weighted by atomic mass is 16.4. The van der Waals surface area contributed by atoms with Crippen LogP contribution in [0.4, 0.5) is 0 Å². The molecule has 2 saturated heterocycles. The molecule has 0 aromatic heterocycles. The van der Waals surface area contributed by atoms with Gasteiger partial charge < -0.3 is 15.3 Å². The molecule has 14 heavy (non-hydrogen) atoms. The van der Waals surface area contributed by atoms with Crippen molar-refractivity contribution in [3.63, 3.8) is 0 Å². The van der Waals surface area contributed by atoms with Gasteiger partial charge >= 0.3 is 5.97 Å². The molecule has 1 amide bonds. The molecule has 0 aromatic rings. The van der Waals surface area contributed by atoms with Gasteiger partial charge in [-0.05, 0) is 19.4 Å². The Kier molecular flexibility index (Phi) is 2.41. The maximum absolute atomic E-state index is 11.7. The molecule has 0 spiro atoms. The van der Waals surface area contributed by atoms with E-state index in [4.69, 9.17) is 5.11 Å². The standard InChI is InChI=1S/C9H14N2O3/c12-8(7-1-3-10-7)11-4-2-6(5-11)9(13)14/h6-7,10H,1-5H2,(H,13,14). The molecule has 2 N–H and O–H groups in total. The Labute approximate surface area is 82.1 Å². The largest absolute Gasteiger partial charge is 0.481 e. The molecule has 2 atom stereocenters. The second kappa shape index (κ2) is 3.57. The van der Waals surface area contributed by atoms with Crippen molar-refractivity contribution in [2.24, 2.45) is 5.92 Å². The Bertz CT molecular complexity index is 263. The van der Waals surface area contributed by atoms with E-state index in [2.05, 4.69) is 5.32 Å². The van der Waals surface area contributed by atoms with Crippen LogP contribution < -0.4 is 5.32 Å². The number of nitrogens with zero attached hydrogens (tertiary/aromatic N) is 1. The molecule has 0 aromatic carbocycles. The maximum Gasteiger partial charge on any atom is 0.308 e. The summed E-state index contributed by atoms with van der Waals surface area (Å²) in [4.78, 5) is 24.0. The monoisotopic (exact) mass is 198 g/mol. The van der Waals surface area contributed by atoms with Crippen molar-refractivity contribution in [1.82, 2.24) is 10.2 Å². The quantitative estimate of drug-likeness (QED) is 0.614. The van der Waals surface area contributed by atoms with E-state index in [1.165, 1.54) is 0 Å². The average Bonchev–Trinajstić information content (AvgIpc) is 2.48. The summed E-state index contributed by atoms with van der Waals surface area (Å²) in [5, 5.41) is 11.8. The normalized spacial score (nSPS) is 31.3. The van der Waals surface area contributed by atoms with E-state index in [1.54, 1.807) is 4.90 Å². The molecule has 2 rings (SSSR count). The number of aliphatic carboxylic acids is 1. The molecule has 5 nitrogen and oxygen atoms in total. The van der Waals surface area contributed by atoms with Crippen LogP contribution in [0.5, 0.6) is 0 Å². The highest BCUT2D eigenvalue weighted by molar-refractivity contribution is 5.84. The fourth-order valence-corrected chi connectivity index (χ4v) is 1.88. The lowest BCUT2D eigenvalue weighted by Crippen LogP contribution is -2.54. The first-order valence-electron chi connectivity index (χ1n) is 4.93. The molecule has 2 unspecified atom stereocenters. The predicted molar refractivity (Wildman–Crippen MR) is 48.7 cm³/mol. The lowest BCUT2D eigenvalue weighted by Gasteiger charge is -2.30. The minimum absolute atomic E-state index is 0.0532. The van der Waals surface area contributed by atoms with Crippen molar-refractivity contribution in [2.45, 2.75) is 18.9 Å². The number of nitrogens with one attached hydrogen (secondary N) is 1. The summed E-state index contributed by atoms with van der Waals surface area (Å²) in [5.74, 6) is -1.08. The van der Waals surface area contributed by atoms with E-state index in [1.807, 2.05) is 0 Å². The van der Waals surface area contributed by atoms with Gasteiger partial charge in [0.2, 0.25) is 5.91 Å². The van der Waals surface area contributed by atoms with Gasteiger partial charge in [-0.1, -0.05) is 0 Å². The molecular formula is C9H14N2O3. The molecule has 78 valence electrons. The molecule has 5 heteroatoms. The van der Waals surface area contributed by atoms with Gasteiger partial charge in [-0.25, -0.2) is 0 Å². The van der Waals surface area contributed by atoms with Crippen LogP contribution in [-0.2, 0) is 9.59 Å². The number of rotatable bonds is 2. The molecule has 2 aliphatic heterocycles. The summed E-state index contributed by atoms with van der Waals surface area (Å²) in [5.41, 5.74) is 0. The summed E-state index contributed by atoms with van der Waals surface area (Å²) < 4.78 is 0. The van der Waals surface area contributed by atoms with Crippen molar-refractivity contribution in [3.05, 3.63) is 0 Å². The van der Waals surface area contributed by atoms with Crippen LogP contribution in [0, 0.1) is 5.92 Å². The summed E-state index contributed by atoms with van der Waals surface area (Å²) in [6.07, 6.45) is 1.47. The Morgan fingerprint density at radius 2 is 2.07 bits per heavy atom. The van der Waals surface area contributed by atoms with Crippen molar-refractivity contribution >= 4 is 11.9 Å². The van der Waals surface area contributed by atoms with Crippen LogP contribution in [0.25, 0.3) is 0 Å². The molecular weight excluding hydrogens is 184 g/mol. The summed E-state index contributed by atoms with van der Waals surface area (Å²) in [6, 6.07) is -0.0532. The third-order valence-corrected chi connectivity index (χ3v) is 2.97. The van der Waals surface area contributed by atoms with Crippen LogP contribution >= 0.6 is 0 Å². The first kappa shape index (κ1) is 9.45. The molecule has 0 saturated carbocycles. The van der Waals surface area contributed by atoms with Crippen molar-refractivity contribution in [3.8, 4) is 0 Å². The smallest absolute Gasteiger partial charge is 0.308 e. The van der Waals surface area contributed by atoms with Crippen LogP contribution in [0.15, 0.2) is 0 Å². The fraction of sp³-hybridized carbons (Fsp3) is 0.778. The zero-order valence-electron chi connectivity index (χ0n) is 7.90. The van der Waals surface area contributed by atoms with Gasteiger partial charge in [-0.2, -0.15) is 0 Å². The molecule has 2 fully saturated rings. The van der Waals surface area contributed by atoms with Crippen molar-refractivity contribution < 1.29 is 14.7 Å². The average molecular weight is 198 g/mol. The summed E-state index contributed by atoms with van der Waals surface area (Å²) >= 11 is 0. The van der Waals surface area contributed by atoms with Crippen LogP contribution in [-0.4, -0.2) is 47.6 Å². The van der Waals surface area contributed by atoms with E-state index in [0.29, 0.717) is 19.5 Å². The zero-order chi connectivity index (χ0) is 10.1. The third kappa shape index (κ3) is 1.59. The maximum atomic E-state index is 11.7. The first-order valence-corrected chi connectivity index (χ1v) is 4.93.